The summed E-state index contributed by atoms with van der Waals surface area (Å²) < 4.78 is 0. The maximum atomic E-state index is 6.10. The van der Waals surface area contributed by atoms with Crippen LogP contribution >= 0.6 is 34.5 Å². The Labute approximate surface area is 115 Å². The highest BCUT2D eigenvalue weighted by Gasteiger charge is 2.08. The molecule has 0 fully saturated rings. The fraction of sp³-hybridized carbons (Fsp3) is 0.250. The lowest BCUT2D eigenvalue weighted by molar-refractivity contribution is 0.572. The molecular weight excluding hydrogens is 275 g/mol. The summed E-state index contributed by atoms with van der Waals surface area (Å²) in [5.41, 5.74) is 1.04. The summed E-state index contributed by atoms with van der Waals surface area (Å²) >= 11 is 13.6. The van der Waals surface area contributed by atoms with Gasteiger partial charge in [-0.15, -0.1) is 11.3 Å². The number of hydrogen-bond donors (Lipinski definition) is 1. The maximum absolute atomic E-state index is 6.10. The van der Waals surface area contributed by atoms with Crippen molar-refractivity contribution in [3.05, 3.63) is 50.4 Å². The van der Waals surface area contributed by atoms with Crippen molar-refractivity contribution in [3.8, 4) is 0 Å². The van der Waals surface area contributed by atoms with Crippen molar-refractivity contribution in [1.29, 1.82) is 0 Å². The molecule has 0 saturated carbocycles. The van der Waals surface area contributed by atoms with Crippen LogP contribution in [0.3, 0.4) is 0 Å². The Kier molecular flexibility index (Phi) is 4.40. The van der Waals surface area contributed by atoms with Crippen molar-refractivity contribution in [2.75, 3.05) is 0 Å². The van der Waals surface area contributed by atoms with Gasteiger partial charge in [-0.05, 0) is 24.6 Å². The van der Waals surface area contributed by atoms with Gasteiger partial charge in [0, 0.05) is 28.2 Å². The van der Waals surface area contributed by atoms with Gasteiger partial charge in [-0.1, -0.05) is 29.3 Å². The van der Waals surface area contributed by atoms with Gasteiger partial charge in [0.15, 0.2) is 0 Å². The zero-order chi connectivity index (χ0) is 12.3. The van der Waals surface area contributed by atoms with Crippen molar-refractivity contribution in [3.63, 3.8) is 0 Å². The molecule has 1 aromatic heterocycles. The normalized spacial score (nSPS) is 12.6. The summed E-state index contributed by atoms with van der Waals surface area (Å²) in [6.45, 7) is 2.79. The van der Waals surface area contributed by atoms with Crippen molar-refractivity contribution in [1.82, 2.24) is 10.3 Å². The van der Waals surface area contributed by atoms with E-state index in [0.717, 1.165) is 10.6 Å². The van der Waals surface area contributed by atoms with Gasteiger partial charge >= 0.3 is 0 Å². The second-order valence-electron chi connectivity index (χ2n) is 3.71. The van der Waals surface area contributed by atoms with E-state index < -0.39 is 0 Å². The highest BCUT2D eigenvalue weighted by atomic mass is 35.5. The van der Waals surface area contributed by atoms with Crippen LogP contribution in [0.25, 0.3) is 0 Å². The predicted molar refractivity (Wildman–Crippen MR) is 73.8 cm³/mol. The van der Waals surface area contributed by atoms with E-state index in [9.17, 15) is 0 Å². The number of halogens is 2. The molecule has 5 heteroatoms. The predicted octanol–water partition coefficient (Wildman–Crippen LogP) is 4.30. The van der Waals surface area contributed by atoms with Crippen LogP contribution in [0.15, 0.2) is 29.8 Å². The number of nitrogens with zero attached hydrogens (tertiary/aromatic N) is 1. The first-order chi connectivity index (χ1) is 8.16. The topological polar surface area (TPSA) is 24.9 Å². The zero-order valence-electron chi connectivity index (χ0n) is 9.28. The molecule has 1 atom stereocenters. The smallest absolute Gasteiger partial charge is 0.109 e. The number of hydrogen-bond acceptors (Lipinski definition) is 3. The summed E-state index contributed by atoms with van der Waals surface area (Å²) in [4.78, 5) is 4.27. The molecule has 1 N–H and O–H groups in total. The van der Waals surface area contributed by atoms with E-state index in [4.69, 9.17) is 23.2 Å². The molecular formula is C12H12Cl2N2S. The minimum atomic E-state index is 0.224. The Bertz CT molecular complexity index is 485. The lowest BCUT2D eigenvalue weighted by Crippen LogP contribution is -2.18. The summed E-state index contributed by atoms with van der Waals surface area (Å²) in [5.74, 6) is 0. The Hall–Kier alpha value is -0.610. The van der Waals surface area contributed by atoms with Crippen LogP contribution < -0.4 is 5.32 Å². The van der Waals surface area contributed by atoms with Crippen LogP contribution in [-0.4, -0.2) is 4.98 Å². The van der Waals surface area contributed by atoms with Crippen LogP contribution in [0.4, 0.5) is 0 Å². The van der Waals surface area contributed by atoms with E-state index >= 15 is 0 Å². The van der Waals surface area contributed by atoms with Gasteiger partial charge in [-0.3, -0.25) is 0 Å². The van der Waals surface area contributed by atoms with Crippen molar-refractivity contribution in [2.24, 2.45) is 0 Å². The van der Waals surface area contributed by atoms with Crippen molar-refractivity contribution >= 4 is 34.5 Å². The molecule has 0 aliphatic heterocycles. The lowest BCUT2D eigenvalue weighted by Gasteiger charge is -2.12. The largest absolute Gasteiger partial charge is 0.304 e. The van der Waals surface area contributed by atoms with Crippen LogP contribution in [0, 0.1) is 0 Å². The number of rotatable bonds is 4. The number of aromatic nitrogens is 1. The third-order valence-electron chi connectivity index (χ3n) is 2.44. The molecule has 0 amide bonds. The highest BCUT2D eigenvalue weighted by molar-refractivity contribution is 7.09. The van der Waals surface area contributed by atoms with Gasteiger partial charge in [0.05, 0.1) is 6.04 Å². The molecule has 2 aromatic rings. The van der Waals surface area contributed by atoms with E-state index in [1.165, 1.54) is 0 Å². The van der Waals surface area contributed by atoms with Gasteiger partial charge in [-0.2, -0.15) is 0 Å². The maximum Gasteiger partial charge on any atom is 0.109 e. The van der Waals surface area contributed by atoms with Crippen molar-refractivity contribution < 1.29 is 0 Å². The van der Waals surface area contributed by atoms with Crippen LogP contribution in [0.5, 0.6) is 0 Å². The van der Waals surface area contributed by atoms with E-state index in [1.807, 2.05) is 23.7 Å². The molecule has 0 aliphatic carbocycles. The Morgan fingerprint density at radius 3 is 2.88 bits per heavy atom. The Morgan fingerprint density at radius 2 is 2.24 bits per heavy atom. The van der Waals surface area contributed by atoms with E-state index in [0.29, 0.717) is 16.6 Å². The molecule has 17 heavy (non-hydrogen) atoms. The average Bonchev–Trinajstić information content (AvgIpc) is 2.81. The van der Waals surface area contributed by atoms with E-state index in [2.05, 4.69) is 17.2 Å². The molecule has 0 spiro atoms. The number of benzene rings is 1. The third kappa shape index (κ3) is 3.42. The van der Waals surface area contributed by atoms with Gasteiger partial charge in [0.2, 0.25) is 0 Å². The Balaban J connectivity index is 1.98. The summed E-state index contributed by atoms with van der Waals surface area (Å²) in [6, 6.07) is 5.76. The molecule has 2 nitrogen and oxygen atoms in total. The molecule has 0 saturated heterocycles. The quantitative estimate of drug-likeness (QED) is 0.906. The number of nitrogens with one attached hydrogen (secondary N) is 1. The molecule has 90 valence electrons. The van der Waals surface area contributed by atoms with E-state index in [1.54, 1.807) is 17.4 Å². The second kappa shape index (κ2) is 5.83. The average molecular weight is 287 g/mol. The minimum Gasteiger partial charge on any atom is -0.304 e. The first kappa shape index (κ1) is 12.8. The molecule has 0 bridgehead atoms. The standard InChI is InChI=1S/C12H12Cl2N2S/c1-8(12-15-4-5-17-12)16-7-9-2-3-10(13)6-11(9)14/h2-6,8,16H,7H2,1H3. The molecule has 1 unspecified atom stereocenters. The minimum absolute atomic E-state index is 0.224. The van der Waals surface area contributed by atoms with Gasteiger partial charge in [0.1, 0.15) is 5.01 Å². The fourth-order valence-corrected chi connectivity index (χ4v) is 2.61. The molecule has 0 radical (unpaired) electrons. The lowest BCUT2D eigenvalue weighted by atomic mass is 10.2. The van der Waals surface area contributed by atoms with Gasteiger partial charge in [0.25, 0.3) is 0 Å². The second-order valence-corrected chi connectivity index (χ2v) is 5.48. The van der Waals surface area contributed by atoms with Crippen LogP contribution in [0.2, 0.25) is 10.0 Å². The van der Waals surface area contributed by atoms with Crippen LogP contribution in [0.1, 0.15) is 23.5 Å². The monoisotopic (exact) mass is 286 g/mol. The van der Waals surface area contributed by atoms with E-state index in [-0.39, 0.29) is 6.04 Å². The summed E-state index contributed by atoms with van der Waals surface area (Å²) in [7, 11) is 0. The number of thiazole rings is 1. The highest BCUT2D eigenvalue weighted by Crippen LogP contribution is 2.22. The molecule has 1 heterocycles. The Morgan fingerprint density at radius 1 is 1.41 bits per heavy atom. The van der Waals surface area contributed by atoms with Crippen molar-refractivity contribution in [2.45, 2.75) is 19.5 Å². The first-order valence-corrected chi connectivity index (χ1v) is 6.87. The summed E-state index contributed by atoms with van der Waals surface area (Å²) in [6.07, 6.45) is 1.81. The summed E-state index contributed by atoms with van der Waals surface area (Å²) in [5, 5.41) is 7.79. The zero-order valence-corrected chi connectivity index (χ0v) is 11.6. The first-order valence-electron chi connectivity index (χ1n) is 5.23. The molecule has 0 aliphatic rings. The third-order valence-corrected chi connectivity index (χ3v) is 3.98. The van der Waals surface area contributed by atoms with Crippen LogP contribution in [-0.2, 0) is 6.54 Å². The van der Waals surface area contributed by atoms with Gasteiger partial charge in [-0.25, -0.2) is 4.98 Å². The SMILES string of the molecule is CC(NCc1ccc(Cl)cc1Cl)c1nccs1. The molecule has 2 rings (SSSR count). The molecule has 1 aromatic carbocycles. The fourth-order valence-electron chi connectivity index (χ4n) is 1.46. The van der Waals surface area contributed by atoms with Gasteiger partial charge < -0.3 is 5.32 Å².